The zero-order valence-corrected chi connectivity index (χ0v) is 12.0. The third-order valence-electron chi connectivity index (χ3n) is 3.45. The van der Waals surface area contributed by atoms with Crippen LogP contribution in [0.15, 0.2) is 42.5 Å². The number of carbonyl (C=O) groups is 2. The highest BCUT2D eigenvalue weighted by atomic mass is 19.4. The van der Waals surface area contributed by atoms with E-state index in [9.17, 15) is 27.9 Å². The van der Waals surface area contributed by atoms with Crippen LogP contribution in [-0.4, -0.2) is 28.2 Å². The van der Waals surface area contributed by atoms with Gasteiger partial charge in [-0.25, -0.2) is 0 Å². The van der Waals surface area contributed by atoms with Gasteiger partial charge in [0.2, 0.25) is 0 Å². The van der Waals surface area contributed by atoms with E-state index in [-0.39, 0.29) is 23.4 Å². The summed E-state index contributed by atoms with van der Waals surface area (Å²) in [7, 11) is 0. The first-order valence-corrected chi connectivity index (χ1v) is 6.78. The number of nitrogens with zero attached hydrogens (tertiary/aromatic N) is 1. The summed E-state index contributed by atoms with van der Waals surface area (Å²) in [6, 6.07) is 8.74. The largest absolute Gasteiger partial charge is 0.573 e. The predicted octanol–water partition coefficient (Wildman–Crippen LogP) is 3.09. The maximum absolute atomic E-state index is 12.2. The minimum absolute atomic E-state index is 0.0945. The van der Waals surface area contributed by atoms with Crippen molar-refractivity contribution in [3.8, 4) is 11.5 Å². The molecule has 2 aromatic rings. The van der Waals surface area contributed by atoms with Crippen LogP contribution in [0.1, 0.15) is 26.3 Å². The molecule has 8 heteroatoms. The molecule has 0 saturated heterocycles. The lowest BCUT2D eigenvalue weighted by atomic mass is 10.1. The first kappa shape index (κ1) is 15.9. The molecule has 1 aliphatic rings. The Morgan fingerprint density at radius 2 is 1.58 bits per heavy atom. The molecule has 2 aromatic carbocycles. The highest BCUT2D eigenvalue weighted by molar-refractivity contribution is 6.21. The van der Waals surface area contributed by atoms with Crippen LogP contribution in [0.2, 0.25) is 0 Å². The summed E-state index contributed by atoms with van der Waals surface area (Å²) >= 11 is 0. The van der Waals surface area contributed by atoms with Gasteiger partial charge < -0.3 is 9.84 Å². The number of fused-ring (bicyclic) bond motifs is 1. The number of hydrogen-bond donors (Lipinski definition) is 1. The molecule has 0 spiro atoms. The van der Waals surface area contributed by atoms with Gasteiger partial charge in [0, 0.05) is 0 Å². The van der Waals surface area contributed by atoms with E-state index < -0.39 is 23.9 Å². The topological polar surface area (TPSA) is 66.8 Å². The van der Waals surface area contributed by atoms with E-state index >= 15 is 0 Å². The summed E-state index contributed by atoms with van der Waals surface area (Å²) < 4.78 is 40.1. The minimum atomic E-state index is -4.79. The van der Waals surface area contributed by atoms with Crippen molar-refractivity contribution in [2.45, 2.75) is 12.9 Å². The maximum Gasteiger partial charge on any atom is 0.573 e. The van der Waals surface area contributed by atoms with Gasteiger partial charge in [0.1, 0.15) is 11.5 Å². The van der Waals surface area contributed by atoms with Crippen molar-refractivity contribution in [3.05, 3.63) is 59.2 Å². The van der Waals surface area contributed by atoms with Crippen LogP contribution in [0.3, 0.4) is 0 Å². The van der Waals surface area contributed by atoms with Crippen LogP contribution < -0.4 is 4.74 Å². The van der Waals surface area contributed by atoms with Crippen LogP contribution >= 0.6 is 0 Å². The van der Waals surface area contributed by atoms with Gasteiger partial charge >= 0.3 is 6.36 Å². The quantitative estimate of drug-likeness (QED) is 0.874. The van der Waals surface area contributed by atoms with E-state index in [2.05, 4.69) is 4.74 Å². The van der Waals surface area contributed by atoms with Crippen molar-refractivity contribution >= 4 is 11.8 Å². The minimum Gasteiger partial charge on any atom is -0.508 e. The number of aromatic hydroxyl groups is 1. The fourth-order valence-corrected chi connectivity index (χ4v) is 2.40. The van der Waals surface area contributed by atoms with Crippen LogP contribution in [0.25, 0.3) is 0 Å². The van der Waals surface area contributed by atoms with Gasteiger partial charge in [-0.15, -0.1) is 13.2 Å². The first-order valence-electron chi connectivity index (χ1n) is 6.78. The molecule has 0 unspecified atom stereocenters. The Morgan fingerprint density at radius 3 is 2.21 bits per heavy atom. The Bertz CT molecular complexity index is 815. The third-order valence-corrected chi connectivity index (χ3v) is 3.45. The van der Waals surface area contributed by atoms with E-state index in [0.717, 1.165) is 17.0 Å². The number of carbonyl (C=O) groups excluding carboxylic acids is 2. The molecule has 124 valence electrons. The Kier molecular flexibility index (Phi) is 3.67. The van der Waals surface area contributed by atoms with E-state index in [4.69, 9.17) is 0 Å². The van der Waals surface area contributed by atoms with E-state index in [0.29, 0.717) is 5.56 Å². The van der Waals surface area contributed by atoms with Gasteiger partial charge in [0.15, 0.2) is 0 Å². The number of halogens is 3. The average Bonchev–Trinajstić information content (AvgIpc) is 2.72. The summed E-state index contributed by atoms with van der Waals surface area (Å²) in [6.07, 6.45) is -4.79. The molecule has 0 saturated carbocycles. The Balaban J connectivity index is 1.78. The van der Waals surface area contributed by atoms with Crippen LogP contribution in [0.5, 0.6) is 11.5 Å². The number of phenolic OH excluding ortho intramolecular Hbond substituents is 1. The molecule has 1 aliphatic heterocycles. The highest BCUT2D eigenvalue weighted by Gasteiger charge is 2.35. The van der Waals surface area contributed by atoms with Gasteiger partial charge in [0.05, 0.1) is 17.7 Å². The summed E-state index contributed by atoms with van der Waals surface area (Å²) in [5, 5.41) is 9.41. The molecule has 5 nitrogen and oxygen atoms in total. The second-order valence-corrected chi connectivity index (χ2v) is 5.12. The second kappa shape index (κ2) is 5.55. The van der Waals surface area contributed by atoms with Crippen molar-refractivity contribution in [2.24, 2.45) is 0 Å². The lowest BCUT2D eigenvalue weighted by Crippen LogP contribution is -2.29. The molecule has 0 aromatic heterocycles. The monoisotopic (exact) mass is 337 g/mol. The zero-order valence-electron chi connectivity index (χ0n) is 12.0. The molecule has 0 bridgehead atoms. The fourth-order valence-electron chi connectivity index (χ4n) is 2.40. The lowest BCUT2D eigenvalue weighted by Gasteiger charge is -2.14. The van der Waals surface area contributed by atoms with Crippen molar-refractivity contribution in [3.63, 3.8) is 0 Å². The van der Waals surface area contributed by atoms with E-state index in [1.807, 2.05) is 0 Å². The molecular formula is C16H10F3NO4. The molecule has 2 amide bonds. The maximum atomic E-state index is 12.2. The van der Waals surface area contributed by atoms with Crippen molar-refractivity contribution in [1.82, 2.24) is 4.90 Å². The number of ether oxygens (including phenoxy) is 1. The van der Waals surface area contributed by atoms with Gasteiger partial charge in [0.25, 0.3) is 11.8 Å². The van der Waals surface area contributed by atoms with Crippen LogP contribution in [0, 0.1) is 0 Å². The Morgan fingerprint density at radius 1 is 0.958 bits per heavy atom. The normalized spacial score (nSPS) is 14.0. The number of imide groups is 1. The number of alkyl halides is 3. The number of rotatable bonds is 3. The number of benzene rings is 2. The highest BCUT2D eigenvalue weighted by Crippen LogP contribution is 2.28. The van der Waals surface area contributed by atoms with Gasteiger partial charge in [-0.3, -0.25) is 14.5 Å². The summed E-state index contributed by atoms with van der Waals surface area (Å²) in [5.41, 5.74) is 0.732. The summed E-state index contributed by atoms with van der Waals surface area (Å²) in [6.45, 7) is -0.0978. The molecule has 0 atom stereocenters. The predicted molar refractivity (Wildman–Crippen MR) is 75.4 cm³/mol. The number of hydrogen-bond acceptors (Lipinski definition) is 4. The number of amides is 2. The molecule has 3 rings (SSSR count). The Labute approximate surface area is 133 Å². The van der Waals surface area contributed by atoms with E-state index in [1.165, 1.54) is 30.3 Å². The SMILES string of the molecule is O=C1c2ccc(O)cc2C(=O)N1Cc1ccc(OC(F)(F)F)cc1. The number of phenols is 1. The second-order valence-electron chi connectivity index (χ2n) is 5.12. The zero-order chi connectivity index (χ0) is 17.5. The van der Waals surface area contributed by atoms with Crippen LogP contribution in [-0.2, 0) is 6.54 Å². The smallest absolute Gasteiger partial charge is 0.508 e. The lowest BCUT2D eigenvalue weighted by molar-refractivity contribution is -0.274. The summed E-state index contributed by atoms with van der Waals surface area (Å²) in [5.74, 6) is -1.61. The van der Waals surface area contributed by atoms with Gasteiger partial charge in [-0.1, -0.05) is 12.1 Å². The van der Waals surface area contributed by atoms with Gasteiger partial charge in [-0.2, -0.15) is 0 Å². The van der Waals surface area contributed by atoms with Crippen molar-refractivity contribution in [1.29, 1.82) is 0 Å². The molecule has 24 heavy (non-hydrogen) atoms. The Hall–Kier alpha value is -3.03. The first-order chi connectivity index (χ1) is 11.2. The standard InChI is InChI=1S/C16H10F3NO4/c17-16(18,19)24-11-4-1-9(2-5-11)8-20-14(22)12-6-3-10(21)7-13(12)15(20)23/h1-7,21H,8H2. The van der Waals surface area contributed by atoms with Crippen LogP contribution in [0.4, 0.5) is 13.2 Å². The summed E-state index contributed by atoms with van der Waals surface area (Å²) in [4.78, 5) is 25.4. The van der Waals surface area contributed by atoms with Crippen molar-refractivity contribution in [2.75, 3.05) is 0 Å². The average molecular weight is 337 g/mol. The fraction of sp³-hybridized carbons (Fsp3) is 0.125. The van der Waals surface area contributed by atoms with E-state index in [1.54, 1.807) is 0 Å². The van der Waals surface area contributed by atoms with Crippen molar-refractivity contribution < 1.29 is 32.6 Å². The molecular weight excluding hydrogens is 327 g/mol. The molecule has 1 heterocycles. The third kappa shape index (κ3) is 3.03. The molecule has 1 N–H and O–H groups in total. The molecule has 0 aliphatic carbocycles. The van der Waals surface area contributed by atoms with Gasteiger partial charge in [-0.05, 0) is 35.9 Å². The molecule has 0 radical (unpaired) electrons. The molecule has 0 fully saturated rings.